The van der Waals surface area contributed by atoms with Gasteiger partial charge < -0.3 is 10.1 Å². The van der Waals surface area contributed by atoms with Crippen molar-refractivity contribution >= 4 is 22.7 Å². The Balaban J connectivity index is 1.72. The molecule has 1 aromatic carbocycles. The van der Waals surface area contributed by atoms with E-state index in [1.807, 2.05) is 23.9 Å². The molecule has 20 heavy (non-hydrogen) atoms. The predicted molar refractivity (Wildman–Crippen MR) is 85.5 cm³/mol. The minimum absolute atomic E-state index is 0.495. The average molecular weight is 288 g/mol. The van der Waals surface area contributed by atoms with E-state index in [1.54, 1.807) is 7.11 Å². The largest absolute Gasteiger partial charge is 0.494 e. The smallest absolute Gasteiger partial charge is 0.145 e. The molecule has 1 N–H and O–H groups in total. The molecular formula is C16H20N2OS. The molecule has 1 aromatic heterocycles. The zero-order valence-corrected chi connectivity index (χ0v) is 12.8. The summed E-state index contributed by atoms with van der Waals surface area (Å²) in [6, 6.07) is 10.2. The van der Waals surface area contributed by atoms with Crippen molar-refractivity contribution in [3.05, 3.63) is 36.0 Å². The van der Waals surface area contributed by atoms with E-state index in [2.05, 4.69) is 29.8 Å². The Morgan fingerprint density at radius 2 is 2.15 bits per heavy atom. The highest BCUT2D eigenvalue weighted by atomic mass is 32.2. The van der Waals surface area contributed by atoms with Gasteiger partial charge in [-0.1, -0.05) is 18.2 Å². The van der Waals surface area contributed by atoms with Crippen LogP contribution in [0.3, 0.4) is 0 Å². The molecule has 0 atom stereocenters. The van der Waals surface area contributed by atoms with Crippen LogP contribution < -0.4 is 10.1 Å². The lowest BCUT2D eigenvalue weighted by atomic mass is 10.2. The summed E-state index contributed by atoms with van der Waals surface area (Å²) in [6.07, 6.45) is 4.87. The van der Waals surface area contributed by atoms with Crippen LogP contribution >= 0.6 is 11.8 Å². The van der Waals surface area contributed by atoms with Crippen LogP contribution in [0.2, 0.25) is 0 Å². The number of hydrogen-bond acceptors (Lipinski definition) is 4. The second-order valence-electron chi connectivity index (χ2n) is 5.33. The lowest BCUT2D eigenvalue weighted by Gasteiger charge is -2.13. The minimum Gasteiger partial charge on any atom is -0.494 e. The number of rotatable bonds is 6. The topological polar surface area (TPSA) is 34.1 Å². The van der Waals surface area contributed by atoms with E-state index < -0.39 is 0 Å². The molecule has 1 aliphatic carbocycles. The van der Waals surface area contributed by atoms with Crippen LogP contribution in [0.15, 0.2) is 30.3 Å². The SMILES string of the molecule is COc1cccc2ccc(CNCC3(SC)CC3)nc12. The number of methoxy groups -OCH3 is 1. The Bertz CT molecular complexity index is 610. The first-order chi connectivity index (χ1) is 9.76. The van der Waals surface area contributed by atoms with Crippen molar-refractivity contribution in [1.29, 1.82) is 0 Å². The quantitative estimate of drug-likeness (QED) is 0.885. The third kappa shape index (κ3) is 2.76. The summed E-state index contributed by atoms with van der Waals surface area (Å²) < 4.78 is 5.88. The van der Waals surface area contributed by atoms with Crippen LogP contribution in [0, 0.1) is 0 Å². The average Bonchev–Trinajstić information content (AvgIpc) is 3.27. The summed E-state index contributed by atoms with van der Waals surface area (Å²) in [5.74, 6) is 0.840. The molecule has 2 aromatic rings. The fraction of sp³-hybridized carbons (Fsp3) is 0.438. The van der Waals surface area contributed by atoms with Crippen molar-refractivity contribution in [2.45, 2.75) is 24.1 Å². The lowest BCUT2D eigenvalue weighted by Crippen LogP contribution is -2.25. The third-order valence-electron chi connectivity index (χ3n) is 3.95. The first kappa shape index (κ1) is 13.7. The molecule has 1 fully saturated rings. The van der Waals surface area contributed by atoms with Gasteiger partial charge in [0.05, 0.1) is 12.8 Å². The summed E-state index contributed by atoms with van der Waals surface area (Å²) in [6.45, 7) is 1.89. The van der Waals surface area contributed by atoms with E-state index in [1.165, 1.54) is 12.8 Å². The first-order valence-electron chi connectivity index (χ1n) is 6.95. The van der Waals surface area contributed by atoms with Crippen molar-refractivity contribution in [2.24, 2.45) is 0 Å². The van der Waals surface area contributed by atoms with Crippen LogP contribution in [0.25, 0.3) is 10.9 Å². The second kappa shape index (κ2) is 5.62. The van der Waals surface area contributed by atoms with E-state index in [0.29, 0.717) is 4.75 Å². The summed E-state index contributed by atoms with van der Waals surface area (Å²) in [7, 11) is 1.69. The number of hydrogen-bond donors (Lipinski definition) is 1. The first-order valence-corrected chi connectivity index (χ1v) is 8.17. The number of fused-ring (bicyclic) bond motifs is 1. The molecule has 0 spiro atoms. The number of nitrogens with one attached hydrogen (secondary N) is 1. The van der Waals surface area contributed by atoms with Crippen LogP contribution in [0.1, 0.15) is 18.5 Å². The Hall–Kier alpha value is -1.26. The van der Waals surface area contributed by atoms with Gasteiger partial charge in [0.15, 0.2) is 0 Å². The summed E-state index contributed by atoms with van der Waals surface area (Å²) in [4.78, 5) is 4.72. The number of pyridine rings is 1. The lowest BCUT2D eigenvalue weighted by molar-refractivity contribution is 0.418. The molecule has 0 amide bonds. The Morgan fingerprint density at radius 1 is 1.30 bits per heavy atom. The van der Waals surface area contributed by atoms with Crippen LogP contribution in [-0.4, -0.2) is 29.6 Å². The molecule has 3 nitrogen and oxygen atoms in total. The van der Waals surface area contributed by atoms with E-state index in [9.17, 15) is 0 Å². The summed E-state index contributed by atoms with van der Waals surface area (Å²) in [5, 5.41) is 4.65. The molecule has 0 unspecified atom stereocenters. The number of thioether (sulfide) groups is 1. The van der Waals surface area contributed by atoms with Gasteiger partial charge >= 0.3 is 0 Å². The highest BCUT2D eigenvalue weighted by Crippen LogP contribution is 2.46. The third-order valence-corrected chi connectivity index (χ3v) is 5.37. The van der Waals surface area contributed by atoms with Gasteiger partial charge in [0.1, 0.15) is 11.3 Å². The van der Waals surface area contributed by atoms with Crippen molar-refractivity contribution in [3.8, 4) is 5.75 Å². The molecule has 1 heterocycles. The number of para-hydroxylation sites is 1. The van der Waals surface area contributed by atoms with Gasteiger partial charge in [-0.15, -0.1) is 0 Å². The Labute approximate surface area is 124 Å². The maximum atomic E-state index is 5.38. The molecule has 0 aliphatic heterocycles. The molecule has 0 bridgehead atoms. The van der Waals surface area contributed by atoms with Crippen LogP contribution in [-0.2, 0) is 6.54 Å². The van der Waals surface area contributed by atoms with Crippen LogP contribution in [0.4, 0.5) is 0 Å². The maximum Gasteiger partial charge on any atom is 0.145 e. The molecule has 1 aliphatic rings. The van der Waals surface area contributed by atoms with Gasteiger partial charge in [-0.25, -0.2) is 4.98 Å². The molecule has 4 heteroatoms. The van der Waals surface area contributed by atoms with Gasteiger partial charge in [0, 0.05) is 23.2 Å². The van der Waals surface area contributed by atoms with Crippen molar-refractivity contribution in [3.63, 3.8) is 0 Å². The number of ether oxygens (including phenoxy) is 1. The highest BCUT2D eigenvalue weighted by molar-refractivity contribution is 8.00. The van der Waals surface area contributed by atoms with Crippen LogP contribution in [0.5, 0.6) is 5.75 Å². The normalized spacial score (nSPS) is 16.3. The van der Waals surface area contributed by atoms with Gasteiger partial charge in [0.25, 0.3) is 0 Å². The number of benzene rings is 1. The van der Waals surface area contributed by atoms with E-state index in [4.69, 9.17) is 9.72 Å². The second-order valence-corrected chi connectivity index (χ2v) is 6.60. The molecular weight excluding hydrogens is 268 g/mol. The van der Waals surface area contributed by atoms with Gasteiger partial charge in [-0.3, -0.25) is 0 Å². The standard InChI is InChI=1S/C16H20N2OS/c1-19-14-5-3-4-12-6-7-13(18-15(12)14)10-17-11-16(20-2)8-9-16/h3-7,17H,8-11H2,1-2H3. The molecule has 0 saturated heterocycles. The summed E-state index contributed by atoms with van der Waals surface area (Å²) >= 11 is 1.98. The van der Waals surface area contributed by atoms with Crippen molar-refractivity contribution < 1.29 is 4.74 Å². The summed E-state index contributed by atoms with van der Waals surface area (Å²) in [5.41, 5.74) is 2.01. The van der Waals surface area contributed by atoms with Gasteiger partial charge in [-0.2, -0.15) is 11.8 Å². The number of aromatic nitrogens is 1. The van der Waals surface area contributed by atoms with E-state index >= 15 is 0 Å². The van der Waals surface area contributed by atoms with E-state index in [-0.39, 0.29) is 0 Å². The monoisotopic (exact) mass is 288 g/mol. The fourth-order valence-electron chi connectivity index (χ4n) is 2.43. The molecule has 0 radical (unpaired) electrons. The Kier molecular flexibility index (Phi) is 3.85. The zero-order valence-electron chi connectivity index (χ0n) is 12.0. The minimum atomic E-state index is 0.495. The Morgan fingerprint density at radius 3 is 2.85 bits per heavy atom. The van der Waals surface area contributed by atoms with Crippen molar-refractivity contribution in [1.82, 2.24) is 10.3 Å². The molecule has 106 valence electrons. The molecule has 1 saturated carbocycles. The maximum absolute atomic E-state index is 5.38. The van der Waals surface area contributed by atoms with Gasteiger partial charge in [0.2, 0.25) is 0 Å². The number of nitrogens with zero attached hydrogens (tertiary/aromatic N) is 1. The van der Waals surface area contributed by atoms with Gasteiger partial charge in [-0.05, 0) is 31.2 Å². The van der Waals surface area contributed by atoms with Crippen molar-refractivity contribution in [2.75, 3.05) is 19.9 Å². The molecule has 3 rings (SSSR count). The predicted octanol–water partition coefficient (Wildman–Crippen LogP) is 3.23. The van der Waals surface area contributed by atoms with E-state index in [0.717, 1.165) is 35.4 Å². The zero-order chi connectivity index (χ0) is 14.0. The highest BCUT2D eigenvalue weighted by Gasteiger charge is 2.41. The fourth-order valence-corrected chi connectivity index (χ4v) is 3.19.